The van der Waals surface area contributed by atoms with Gasteiger partial charge in [-0.05, 0) is 50.4 Å². The minimum atomic E-state index is -0.0594. The molecule has 5 nitrogen and oxygen atoms in total. The first kappa shape index (κ1) is 17.7. The molecule has 0 aromatic rings. The van der Waals surface area contributed by atoms with Gasteiger partial charge in [0.25, 0.3) is 0 Å². The lowest BCUT2D eigenvalue weighted by molar-refractivity contribution is -0.126. The van der Waals surface area contributed by atoms with E-state index in [2.05, 4.69) is 10.6 Å². The van der Waals surface area contributed by atoms with E-state index in [1.165, 1.54) is 25.7 Å². The number of carbonyl (C=O) groups excluding carboxylic acids is 2. The van der Waals surface area contributed by atoms with Crippen molar-refractivity contribution in [1.29, 1.82) is 0 Å². The molecule has 5 heteroatoms. The number of hydrogen-bond donors (Lipinski definition) is 2. The van der Waals surface area contributed by atoms with Crippen LogP contribution in [-0.4, -0.2) is 38.1 Å². The number of rotatable bonds is 8. The van der Waals surface area contributed by atoms with Crippen LogP contribution in [0, 0.1) is 29.1 Å². The van der Waals surface area contributed by atoms with Gasteiger partial charge in [-0.2, -0.15) is 0 Å². The second kappa shape index (κ2) is 7.42. The van der Waals surface area contributed by atoms with Crippen LogP contribution in [0.25, 0.3) is 0 Å². The SMILES string of the molecule is C[C@@H](C(=O)NCC1(CNC(=O)[C@H](C)C2CC2)CCOCC1)C1CC1. The van der Waals surface area contributed by atoms with Gasteiger partial charge in [0.05, 0.1) is 0 Å². The first-order valence-corrected chi connectivity index (χ1v) is 9.64. The van der Waals surface area contributed by atoms with E-state index >= 15 is 0 Å². The molecule has 1 heterocycles. The minimum Gasteiger partial charge on any atom is -0.381 e. The molecule has 0 unspecified atom stereocenters. The lowest BCUT2D eigenvalue weighted by atomic mass is 9.79. The van der Waals surface area contributed by atoms with Gasteiger partial charge in [-0.25, -0.2) is 0 Å². The Morgan fingerprint density at radius 1 is 0.917 bits per heavy atom. The van der Waals surface area contributed by atoms with Crippen LogP contribution in [0.4, 0.5) is 0 Å². The molecule has 0 aromatic carbocycles. The van der Waals surface area contributed by atoms with Crippen LogP contribution in [0.1, 0.15) is 52.4 Å². The molecule has 0 aromatic heterocycles. The van der Waals surface area contributed by atoms with Crippen molar-refractivity contribution in [3.8, 4) is 0 Å². The van der Waals surface area contributed by atoms with Crippen LogP contribution >= 0.6 is 0 Å². The van der Waals surface area contributed by atoms with E-state index in [-0.39, 0.29) is 29.1 Å². The lowest BCUT2D eigenvalue weighted by Crippen LogP contribution is -2.50. The zero-order chi connectivity index (χ0) is 17.2. The summed E-state index contributed by atoms with van der Waals surface area (Å²) in [6, 6.07) is 0. The summed E-state index contributed by atoms with van der Waals surface area (Å²) < 4.78 is 5.50. The third-order valence-corrected chi connectivity index (χ3v) is 6.31. The van der Waals surface area contributed by atoms with Crippen LogP contribution in [-0.2, 0) is 14.3 Å². The number of nitrogens with one attached hydrogen (secondary N) is 2. The highest BCUT2D eigenvalue weighted by Gasteiger charge is 2.38. The average Bonchev–Trinajstić information content (AvgIpc) is 3.49. The maximum absolute atomic E-state index is 12.3. The maximum Gasteiger partial charge on any atom is 0.223 e. The second-order valence-electron chi connectivity index (χ2n) is 8.30. The molecular weight excluding hydrogens is 304 g/mol. The van der Waals surface area contributed by atoms with E-state index in [4.69, 9.17) is 4.74 Å². The molecule has 24 heavy (non-hydrogen) atoms. The molecule has 2 saturated carbocycles. The monoisotopic (exact) mass is 336 g/mol. The Bertz CT molecular complexity index is 429. The fourth-order valence-electron chi connectivity index (χ4n) is 3.71. The Hall–Kier alpha value is -1.10. The van der Waals surface area contributed by atoms with Crippen LogP contribution in [0.5, 0.6) is 0 Å². The van der Waals surface area contributed by atoms with Crippen molar-refractivity contribution in [3.63, 3.8) is 0 Å². The largest absolute Gasteiger partial charge is 0.381 e. The third-order valence-electron chi connectivity index (χ3n) is 6.31. The van der Waals surface area contributed by atoms with Crippen LogP contribution in [0.3, 0.4) is 0 Å². The molecular formula is C19H32N2O3. The number of amides is 2. The van der Waals surface area contributed by atoms with Gasteiger partial charge in [-0.3, -0.25) is 9.59 Å². The lowest BCUT2D eigenvalue weighted by Gasteiger charge is -2.38. The smallest absolute Gasteiger partial charge is 0.223 e. The molecule has 2 N–H and O–H groups in total. The van der Waals surface area contributed by atoms with Crippen molar-refractivity contribution in [1.82, 2.24) is 10.6 Å². The van der Waals surface area contributed by atoms with Crippen molar-refractivity contribution in [2.24, 2.45) is 29.1 Å². The van der Waals surface area contributed by atoms with Crippen molar-refractivity contribution in [2.45, 2.75) is 52.4 Å². The molecule has 0 bridgehead atoms. The zero-order valence-corrected chi connectivity index (χ0v) is 15.1. The molecule has 2 atom stereocenters. The van der Waals surface area contributed by atoms with Gasteiger partial charge in [0, 0.05) is 43.6 Å². The first-order valence-electron chi connectivity index (χ1n) is 9.64. The van der Waals surface area contributed by atoms with Gasteiger partial charge in [0.15, 0.2) is 0 Å². The maximum atomic E-state index is 12.3. The van der Waals surface area contributed by atoms with Gasteiger partial charge < -0.3 is 15.4 Å². The van der Waals surface area contributed by atoms with E-state index in [1.54, 1.807) is 0 Å². The Morgan fingerprint density at radius 2 is 1.33 bits per heavy atom. The fraction of sp³-hybridized carbons (Fsp3) is 0.895. The summed E-state index contributed by atoms with van der Waals surface area (Å²) in [4.78, 5) is 24.6. The quantitative estimate of drug-likeness (QED) is 0.713. The summed E-state index contributed by atoms with van der Waals surface area (Å²) in [5.74, 6) is 1.73. The van der Waals surface area contributed by atoms with E-state index in [9.17, 15) is 9.59 Å². The number of hydrogen-bond acceptors (Lipinski definition) is 3. The average molecular weight is 336 g/mol. The predicted octanol–water partition coefficient (Wildman–Crippen LogP) is 2.11. The van der Waals surface area contributed by atoms with Crippen LogP contribution in [0.15, 0.2) is 0 Å². The highest BCUT2D eigenvalue weighted by Crippen LogP contribution is 2.38. The van der Waals surface area contributed by atoms with Crippen molar-refractivity contribution in [3.05, 3.63) is 0 Å². The number of carbonyl (C=O) groups is 2. The number of ether oxygens (including phenoxy) is 1. The van der Waals surface area contributed by atoms with Crippen molar-refractivity contribution < 1.29 is 14.3 Å². The third kappa shape index (κ3) is 4.50. The van der Waals surface area contributed by atoms with Gasteiger partial charge in [0.1, 0.15) is 0 Å². The molecule has 0 spiro atoms. The summed E-state index contributed by atoms with van der Waals surface area (Å²) in [6.45, 7) is 6.77. The molecule has 2 amide bonds. The Kier molecular flexibility index (Phi) is 5.48. The summed E-state index contributed by atoms with van der Waals surface area (Å²) in [5.41, 5.74) is -0.0594. The predicted molar refractivity (Wildman–Crippen MR) is 92.3 cm³/mol. The molecule has 136 valence electrons. The van der Waals surface area contributed by atoms with E-state index in [0.717, 1.165) is 12.8 Å². The first-order chi connectivity index (χ1) is 11.5. The Labute approximate surface area is 145 Å². The fourth-order valence-corrected chi connectivity index (χ4v) is 3.71. The second-order valence-corrected chi connectivity index (χ2v) is 8.30. The molecule has 0 radical (unpaired) electrons. The van der Waals surface area contributed by atoms with Crippen LogP contribution in [0.2, 0.25) is 0 Å². The molecule has 3 rings (SSSR count). The Morgan fingerprint density at radius 3 is 1.71 bits per heavy atom. The molecule has 3 aliphatic rings. The normalized spacial score (nSPS) is 25.6. The summed E-state index contributed by atoms with van der Waals surface area (Å²) in [7, 11) is 0. The summed E-state index contributed by atoms with van der Waals surface area (Å²) in [5, 5.41) is 6.31. The van der Waals surface area contributed by atoms with Crippen molar-refractivity contribution in [2.75, 3.05) is 26.3 Å². The van der Waals surface area contributed by atoms with Crippen molar-refractivity contribution >= 4 is 11.8 Å². The molecule has 1 aliphatic heterocycles. The molecule has 2 aliphatic carbocycles. The van der Waals surface area contributed by atoms with Gasteiger partial charge >= 0.3 is 0 Å². The van der Waals surface area contributed by atoms with E-state index in [1.807, 2.05) is 13.8 Å². The Balaban J connectivity index is 1.51. The van der Waals surface area contributed by atoms with E-state index in [0.29, 0.717) is 38.1 Å². The molecule has 3 fully saturated rings. The summed E-state index contributed by atoms with van der Waals surface area (Å²) in [6.07, 6.45) is 6.52. The highest BCUT2D eigenvalue weighted by atomic mass is 16.5. The summed E-state index contributed by atoms with van der Waals surface area (Å²) >= 11 is 0. The minimum absolute atomic E-state index is 0.0594. The highest BCUT2D eigenvalue weighted by molar-refractivity contribution is 5.79. The van der Waals surface area contributed by atoms with Crippen LogP contribution < -0.4 is 10.6 Å². The van der Waals surface area contributed by atoms with E-state index < -0.39 is 0 Å². The zero-order valence-electron chi connectivity index (χ0n) is 15.1. The van der Waals surface area contributed by atoms with Gasteiger partial charge in [-0.1, -0.05) is 13.8 Å². The van der Waals surface area contributed by atoms with Gasteiger partial charge in [-0.15, -0.1) is 0 Å². The standard InChI is InChI=1S/C19H32N2O3/c1-13(15-3-4-15)17(22)20-11-19(7-9-24-10-8-19)12-21-18(23)14(2)16-5-6-16/h13-16H,3-12H2,1-2H3,(H,20,22)(H,21,23)/t13-,14-/m1/s1. The molecule has 1 saturated heterocycles. The topological polar surface area (TPSA) is 67.4 Å². The van der Waals surface area contributed by atoms with Gasteiger partial charge in [0.2, 0.25) is 11.8 Å².